The average molecular weight is 253 g/mol. The maximum Gasteiger partial charge on any atom is 0.389 e. The van der Waals surface area contributed by atoms with Gasteiger partial charge in [0, 0.05) is 13.0 Å². The molecule has 3 nitrogen and oxygen atoms in total. The van der Waals surface area contributed by atoms with Crippen LogP contribution in [0.15, 0.2) is 0 Å². The Bertz CT molecular complexity index is 280. The molecule has 0 amide bonds. The third-order valence-corrected chi connectivity index (χ3v) is 3.50. The van der Waals surface area contributed by atoms with Crippen LogP contribution in [0.25, 0.3) is 0 Å². The first-order chi connectivity index (χ1) is 7.79. The molecule has 1 aliphatic heterocycles. The van der Waals surface area contributed by atoms with Gasteiger partial charge in [0.2, 0.25) is 0 Å². The van der Waals surface area contributed by atoms with Crippen LogP contribution in [0.4, 0.5) is 13.2 Å². The van der Waals surface area contributed by atoms with Crippen LogP contribution in [0.3, 0.4) is 0 Å². The Labute approximate surface area is 98.6 Å². The van der Waals surface area contributed by atoms with Gasteiger partial charge in [-0.3, -0.25) is 4.79 Å². The van der Waals surface area contributed by atoms with Gasteiger partial charge in [-0.05, 0) is 32.4 Å². The van der Waals surface area contributed by atoms with Gasteiger partial charge in [0.05, 0.1) is 5.41 Å². The lowest BCUT2D eigenvalue weighted by Crippen LogP contribution is -2.34. The van der Waals surface area contributed by atoms with E-state index < -0.39 is 24.0 Å². The zero-order valence-corrected chi connectivity index (χ0v) is 9.89. The van der Waals surface area contributed by atoms with Gasteiger partial charge in [-0.15, -0.1) is 0 Å². The molecule has 1 fully saturated rings. The molecule has 17 heavy (non-hydrogen) atoms. The van der Waals surface area contributed by atoms with Crippen LogP contribution in [0, 0.1) is 5.41 Å². The molecule has 1 N–H and O–H groups in total. The molecule has 0 bridgehead atoms. The molecule has 100 valence electrons. The highest BCUT2D eigenvalue weighted by atomic mass is 19.4. The number of likely N-dealkylation sites (tertiary alicyclic amines) is 1. The van der Waals surface area contributed by atoms with Crippen LogP contribution in [0.5, 0.6) is 0 Å². The quantitative estimate of drug-likeness (QED) is 0.818. The Morgan fingerprint density at radius 1 is 1.47 bits per heavy atom. The molecule has 0 saturated carbocycles. The first kappa shape index (κ1) is 14.3. The molecule has 1 heterocycles. The van der Waals surface area contributed by atoms with Crippen molar-refractivity contribution in [2.24, 2.45) is 5.41 Å². The number of alkyl halides is 3. The molecule has 1 atom stereocenters. The molecule has 1 unspecified atom stereocenters. The van der Waals surface area contributed by atoms with E-state index in [1.165, 1.54) is 0 Å². The molecular formula is C11H18F3NO2. The van der Waals surface area contributed by atoms with Crippen LogP contribution in [0.1, 0.15) is 32.6 Å². The van der Waals surface area contributed by atoms with E-state index in [-0.39, 0.29) is 6.42 Å². The van der Waals surface area contributed by atoms with E-state index in [1.54, 1.807) is 0 Å². The van der Waals surface area contributed by atoms with Crippen LogP contribution in [-0.2, 0) is 4.79 Å². The molecule has 0 spiro atoms. The number of aliphatic carboxylic acids is 1. The summed E-state index contributed by atoms with van der Waals surface area (Å²) in [7, 11) is 0. The number of nitrogens with zero attached hydrogens (tertiary/aromatic N) is 1. The minimum absolute atomic E-state index is 0.0446. The van der Waals surface area contributed by atoms with Crippen LogP contribution in [-0.4, -0.2) is 41.8 Å². The number of hydrogen-bond acceptors (Lipinski definition) is 2. The van der Waals surface area contributed by atoms with E-state index in [0.29, 0.717) is 32.5 Å². The van der Waals surface area contributed by atoms with E-state index in [4.69, 9.17) is 5.11 Å². The van der Waals surface area contributed by atoms with Crippen LogP contribution >= 0.6 is 0 Å². The van der Waals surface area contributed by atoms with Crippen LogP contribution in [0.2, 0.25) is 0 Å². The van der Waals surface area contributed by atoms with E-state index in [0.717, 1.165) is 0 Å². The minimum Gasteiger partial charge on any atom is -0.481 e. The van der Waals surface area contributed by atoms with Crippen molar-refractivity contribution >= 4 is 5.97 Å². The summed E-state index contributed by atoms with van der Waals surface area (Å²) in [6, 6.07) is 0. The molecule has 0 radical (unpaired) electrons. The third-order valence-electron chi connectivity index (χ3n) is 3.50. The minimum atomic E-state index is -4.12. The molecular weight excluding hydrogens is 235 g/mol. The number of carbonyl (C=O) groups is 1. The normalized spacial score (nSPS) is 26.4. The summed E-state index contributed by atoms with van der Waals surface area (Å²) in [6.07, 6.45) is -3.81. The number of carboxylic acid groups (broad SMARTS) is 1. The maximum absolute atomic E-state index is 12.0. The predicted molar refractivity (Wildman–Crippen MR) is 56.7 cm³/mol. The third kappa shape index (κ3) is 3.87. The highest BCUT2D eigenvalue weighted by Crippen LogP contribution is 2.34. The lowest BCUT2D eigenvalue weighted by Gasteiger charge is -2.23. The summed E-state index contributed by atoms with van der Waals surface area (Å²) in [6.45, 7) is 3.09. The van der Waals surface area contributed by atoms with Crippen molar-refractivity contribution in [2.45, 2.75) is 38.8 Å². The lowest BCUT2D eigenvalue weighted by molar-refractivity contribution is -0.148. The highest BCUT2D eigenvalue weighted by Gasteiger charge is 2.43. The summed E-state index contributed by atoms with van der Waals surface area (Å²) in [5, 5.41) is 9.13. The molecule has 1 saturated heterocycles. The van der Waals surface area contributed by atoms with Gasteiger partial charge in [0.15, 0.2) is 0 Å². The Kier molecular flexibility index (Phi) is 4.41. The first-order valence-electron chi connectivity index (χ1n) is 5.81. The highest BCUT2D eigenvalue weighted by molar-refractivity contribution is 5.75. The Hall–Kier alpha value is -0.780. The zero-order chi connectivity index (χ0) is 13.1. The van der Waals surface area contributed by atoms with Gasteiger partial charge < -0.3 is 10.0 Å². The largest absolute Gasteiger partial charge is 0.481 e. The van der Waals surface area contributed by atoms with Gasteiger partial charge in [-0.25, -0.2) is 0 Å². The topological polar surface area (TPSA) is 40.5 Å². The van der Waals surface area contributed by atoms with Gasteiger partial charge in [-0.2, -0.15) is 13.2 Å². The summed E-state index contributed by atoms with van der Waals surface area (Å²) >= 11 is 0. The SMILES string of the molecule is CCC1(C(=O)O)CCN(CCCC(F)(F)F)C1. The summed E-state index contributed by atoms with van der Waals surface area (Å²) in [5.41, 5.74) is -0.752. The van der Waals surface area contributed by atoms with Crippen molar-refractivity contribution in [1.82, 2.24) is 4.90 Å². The Morgan fingerprint density at radius 3 is 2.53 bits per heavy atom. The molecule has 1 aliphatic rings. The fraction of sp³-hybridized carbons (Fsp3) is 0.909. The Morgan fingerprint density at radius 2 is 2.12 bits per heavy atom. The molecule has 0 aromatic rings. The van der Waals surface area contributed by atoms with E-state index >= 15 is 0 Å². The molecule has 0 aliphatic carbocycles. The molecule has 1 rings (SSSR count). The Balaban J connectivity index is 2.38. The van der Waals surface area contributed by atoms with Crippen molar-refractivity contribution in [3.63, 3.8) is 0 Å². The van der Waals surface area contributed by atoms with Gasteiger partial charge >= 0.3 is 12.1 Å². The zero-order valence-electron chi connectivity index (χ0n) is 9.89. The number of carboxylic acids is 1. The standard InChI is InChI=1S/C11H18F3NO2/c1-2-10(9(16)17)5-7-15(8-10)6-3-4-11(12,13)14/h2-8H2,1H3,(H,16,17). The smallest absolute Gasteiger partial charge is 0.389 e. The maximum atomic E-state index is 12.0. The average Bonchev–Trinajstić information content (AvgIpc) is 2.61. The predicted octanol–water partition coefficient (Wildman–Crippen LogP) is 2.52. The molecule has 6 heteroatoms. The van der Waals surface area contributed by atoms with Crippen molar-refractivity contribution in [2.75, 3.05) is 19.6 Å². The fourth-order valence-corrected chi connectivity index (χ4v) is 2.27. The first-order valence-corrected chi connectivity index (χ1v) is 5.81. The second-order valence-corrected chi connectivity index (χ2v) is 4.68. The van der Waals surface area contributed by atoms with E-state index in [9.17, 15) is 18.0 Å². The monoisotopic (exact) mass is 253 g/mol. The molecule has 0 aromatic heterocycles. The second kappa shape index (κ2) is 5.25. The van der Waals surface area contributed by atoms with Gasteiger partial charge in [0.25, 0.3) is 0 Å². The van der Waals surface area contributed by atoms with Crippen LogP contribution < -0.4 is 0 Å². The number of rotatable bonds is 5. The van der Waals surface area contributed by atoms with Crippen molar-refractivity contribution in [3.8, 4) is 0 Å². The van der Waals surface area contributed by atoms with Gasteiger partial charge in [0.1, 0.15) is 0 Å². The van der Waals surface area contributed by atoms with Gasteiger partial charge in [-0.1, -0.05) is 6.92 Å². The van der Waals surface area contributed by atoms with Crippen molar-refractivity contribution < 1.29 is 23.1 Å². The lowest BCUT2D eigenvalue weighted by atomic mass is 9.84. The van der Waals surface area contributed by atoms with Crippen molar-refractivity contribution in [3.05, 3.63) is 0 Å². The second-order valence-electron chi connectivity index (χ2n) is 4.68. The van der Waals surface area contributed by atoms with E-state index in [1.807, 2.05) is 11.8 Å². The molecule has 0 aromatic carbocycles. The van der Waals surface area contributed by atoms with Crippen molar-refractivity contribution in [1.29, 1.82) is 0 Å². The fourth-order valence-electron chi connectivity index (χ4n) is 2.27. The number of hydrogen-bond donors (Lipinski definition) is 1. The number of halogens is 3. The summed E-state index contributed by atoms with van der Waals surface area (Å²) in [4.78, 5) is 12.9. The van der Waals surface area contributed by atoms with E-state index in [2.05, 4.69) is 0 Å². The summed E-state index contributed by atoms with van der Waals surface area (Å²) in [5.74, 6) is -0.835. The summed E-state index contributed by atoms with van der Waals surface area (Å²) < 4.78 is 35.9.